The van der Waals surface area contributed by atoms with Crippen LogP contribution in [0.15, 0.2) is 47.1 Å². The lowest BCUT2D eigenvalue weighted by atomic mass is 10.0. The van der Waals surface area contributed by atoms with E-state index in [9.17, 15) is 19.5 Å². The van der Waals surface area contributed by atoms with Crippen molar-refractivity contribution in [3.8, 4) is 0 Å². The molecular formula is C19H20N6O4S2. The minimum atomic E-state index is -1.16. The number of aliphatic carboxylic acids is 1. The van der Waals surface area contributed by atoms with Crippen molar-refractivity contribution in [1.29, 1.82) is 0 Å². The predicted octanol–water partition coefficient (Wildman–Crippen LogP) is 0.477. The molecule has 3 atom stereocenters. The molecule has 1 saturated heterocycles. The number of nitrogens with zero attached hydrogens (tertiary/aromatic N) is 3. The van der Waals surface area contributed by atoms with Gasteiger partial charge in [-0.1, -0.05) is 30.3 Å². The summed E-state index contributed by atoms with van der Waals surface area (Å²) < 4.78 is 0. The number of nitrogens with two attached hydrogens (primary N) is 1. The van der Waals surface area contributed by atoms with E-state index >= 15 is 0 Å². The Hall–Kier alpha value is -2.83. The maximum absolute atomic E-state index is 12.7. The van der Waals surface area contributed by atoms with Crippen LogP contribution in [0.2, 0.25) is 0 Å². The van der Waals surface area contributed by atoms with Gasteiger partial charge < -0.3 is 16.2 Å². The van der Waals surface area contributed by atoms with Crippen molar-refractivity contribution in [2.75, 3.05) is 11.5 Å². The van der Waals surface area contributed by atoms with E-state index in [1.807, 2.05) is 6.07 Å². The van der Waals surface area contributed by atoms with Gasteiger partial charge in [0.25, 0.3) is 5.91 Å². The summed E-state index contributed by atoms with van der Waals surface area (Å²) in [5.41, 5.74) is 7.41. The summed E-state index contributed by atoms with van der Waals surface area (Å²) in [5, 5.41) is 22.2. The maximum atomic E-state index is 12.7. The second-order valence-corrected chi connectivity index (χ2v) is 9.22. The Morgan fingerprint density at radius 2 is 2.16 bits per heavy atom. The molecule has 2 aliphatic rings. The molecule has 0 bridgehead atoms. The molecule has 1 aromatic heterocycles. The molecule has 10 nitrogen and oxygen atoms in total. The van der Waals surface area contributed by atoms with Gasteiger partial charge in [0, 0.05) is 22.8 Å². The summed E-state index contributed by atoms with van der Waals surface area (Å²) in [7, 11) is 0. The molecule has 1 fully saturated rings. The largest absolute Gasteiger partial charge is 0.477 e. The lowest BCUT2D eigenvalue weighted by Gasteiger charge is -2.49. The fourth-order valence-electron chi connectivity index (χ4n) is 3.38. The molecule has 2 aromatic rings. The maximum Gasteiger partial charge on any atom is 0.353 e. The van der Waals surface area contributed by atoms with Crippen LogP contribution in [-0.2, 0) is 20.8 Å². The summed E-state index contributed by atoms with van der Waals surface area (Å²) in [6.07, 6.45) is 2.24. The van der Waals surface area contributed by atoms with Gasteiger partial charge in [-0.3, -0.25) is 14.5 Å². The van der Waals surface area contributed by atoms with E-state index in [2.05, 4.69) is 20.7 Å². The van der Waals surface area contributed by atoms with Gasteiger partial charge in [-0.2, -0.15) is 15.4 Å². The SMILES string of the molecule is N[C@@H](C(=O)N[C@@H]1C(=O)N2C(C(=O)O)=C(SCCc3cn[nH]n3)CS[C@H]12)c1ccccc1. The van der Waals surface area contributed by atoms with E-state index in [1.165, 1.54) is 28.4 Å². The third kappa shape index (κ3) is 4.31. The number of carbonyl (C=O) groups excluding carboxylic acids is 2. The smallest absolute Gasteiger partial charge is 0.353 e. The number of H-pyrrole nitrogens is 1. The number of benzene rings is 1. The quantitative estimate of drug-likeness (QED) is 0.412. The minimum absolute atomic E-state index is 0.0169. The summed E-state index contributed by atoms with van der Waals surface area (Å²) in [5.74, 6) is -1.03. The van der Waals surface area contributed by atoms with Crippen LogP contribution in [0.5, 0.6) is 0 Å². The third-order valence-corrected chi connectivity index (χ3v) is 7.53. The third-order valence-electron chi connectivity index (χ3n) is 4.97. The fraction of sp³-hybridized carbons (Fsp3) is 0.316. The molecule has 12 heteroatoms. The van der Waals surface area contributed by atoms with Gasteiger partial charge in [-0.15, -0.1) is 23.5 Å². The zero-order chi connectivity index (χ0) is 22.0. The molecule has 2 amide bonds. The number of β-lactam (4-membered cyclic amide) rings is 1. The molecule has 3 heterocycles. The van der Waals surface area contributed by atoms with Crippen molar-refractivity contribution < 1.29 is 19.5 Å². The molecule has 5 N–H and O–H groups in total. The van der Waals surface area contributed by atoms with E-state index in [-0.39, 0.29) is 5.70 Å². The Morgan fingerprint density at radius 1 is 1.39 bits per heavy atom. The average molecular weight is 461 g/mol. The number of carbonyl (C=O) groups is 3. The van der Waals surface area contributed by atoms with Gasteiger partial charge in [-0.25, -0.2) is 4.79 Å². The molecule has 162 valence electrons. The van der Waals surface area contributed by atoms with Crippen molar-refractivity contribution in [2.24, 2.45) is 5.73 Å². The number of hydrogen-bond acceptors (Lipinski definition) is 8. The van der Waals surface area contributed by atoms with E-state index in [4.69, 9.17) is 5.73 Å². The first-order chi connectivity index (χ1) is 15.0. The van der Waals surface area contributed by atoms with Gasteiger partial charge in [0.1, 0.15) is 23.2 Å². The Labute approximate surface area is 186 Å². The number of fused-ring (bicyclic) bond motifs is 1. The van der Waals surface area contributed by atoms with Gasteiger partial charge in [0.05, 0.1) is 11.9 Å². The van der Waals surface area contributed by atoms with Gasteiger partial charge in [-0.05, 0) is 5.56 Å². The molecule has 31 heavy (non-hydrogen) atoms. The number of aromatic amines is 1. The number of hydrogen-bond donors (Lipinski definition) is 4. The molecule has 0 spiro atoms. The van der Waals surface area contributed by atoms with Crippen LogP contribution in [0.25, 0.3) is 0 Å². The molecule has 0 saturated carbocycles. The molecule has 0 aliphatic carbocycles. The normalized spacial score (nSPS) is 21.3. The molecule has 2 aliphatic heterocycles. The minimum Gasteiger partial charge on any atom is -0.477 e. The van der Waals surface area contributed by atoms with E-state index in [0.29, 0.717) is 28.4 Å². The van der Waals surface area contributed by atoms with E-state index in [1.54, 1.807) is 30.5 Å². The van der Waals surface area contributed by atoms with Crippen LogP contribution in [0.1, 0.15) is 17.3 Å². The predicted molar refractivity (Wildman–Crippen MR) is 116 cm³/mol. The number of carboxylic acids is 1. The number of nitrogens with one attached hydrogen (secondary N) is 2. The Balaban J connectivity index is 1.42. The van der Waals surface area contributed by atoms with Crippen molar-refractivity contribution in [3.63, 3.8) is 0 Å². The lowest BCUT2D eigenvalue weighted by Crippen LogP contribution is -2.71. The van der Waals surface area contributed by atoms with Crippen LogP contribution >= 0.6 is 23.5 Å². The standard InChI is InChI=1S/C19H20N6O4S2/c20-13(10-4-2-1-3-5-10)16(26)22-14-17(27)25-15(19(28)29)12(9-31-18(14)25)30-7-6-11-8-21-24-23-11/h1-5,8,13-14,18H,6-7,9,20H2,(H,22,26)(H,28,29)(H,21,23,24)/t13-,14-,18-/m1/s1. The summed E-state index contributed by atoms with van der Waals surface area (Å²) in [4.78, 5) is 39.1. The van der Waals surface area contributed by atoms with Gasteiger partial charge in [0.2, 0.25) is 5.91 Å². The molecular weight excluding hydrogens is 440 g/mol. The van der Waals surface area contributed by atoms with Crippen LogP contribution in [0, 0.1) is 0 Å². The highest BCUT2D eigenvalue weighted by Gasteiger charge is 2.54. The number of aromatic nitrogens is 3. The molecule has 0 unspecified atom stereocenters. The number of carboxylic acid groups (broad SMARTS) is 1. The van der Waals surface area contributed by atoms with Crippen molar-refractivity contribution in [1.82, 2.24) is 25.6 Å². The second-order valence-electron chi connectivity index (χ2n) is 6.92. The lowest BCUT2D eigenvalue weighted by molar-refractivity contribution is -0.150. The topological polar surface area (TPSA) is 154 Å². The van der Waals surface area contributed by atoms with Crippen molar-refractivity contribution in [2.45, 2.75) is 23.9 Å². The summed E-state index contributed by atoms with van der Waals surface area (Å²) >= 11 is 2.81. The zero-order valence-corrected chi connectivity index (χ0v) is 17.9. The van der Waals surface area contributed by atoms with E-state index < -0.39 is 35.2 Å². The average Bonchev–Trinajstić information content (AvgIpc) is 3.30. The summed E-state index contributed by atoms with van der Waals surface area (Å²) in [6.45, 7) is 0. The molecule has 1 aromatic carbocycles. The highest BCUT2D eigenvalue weighted by molar-refractivity contribution is 8.06. The van der Waals surface area contributed by atoms with Crippen molar-refractivity contribution >= 4 is 41.3 Å². The van der Waals surface area contributed by atoms with Crippen LogP contribution in [0.4, 0.5) is 0 Å². The van der Waals surface area contributed by atoms with Gasteiger partial charge >= 0.3 is 5.97 Å². The van der Waals surface area contributed by atoms with E-state index in [0.717, 1.165) is 5.69 Å². The van der Waals surface area contributed by atoms with Crippen molar-refractivity contribution in [3.05, 3.63) is 58.4 Å². The zero-order valence-electron chi connectivity index (χ0n) is 16.2. The Kier molecular flexibility index (Phi) is 6.30. The molecule has 0 radical (unpaired) electrons. The fourth-order valence-corrected chi connectivity index (χ4v) is 5.99. The monoisotopic (exact) mass is 460 g/mol. The van der Waals surface area contributed by atoms with Crippen LogP contribution in [-0.4, -0.2) is 66.1 Å². The highest BCUT2D eigenvalue weighted by atomic mass is 32.2. The first-order valence-corrected chi connectivity index (χ1v) is 11.5. The second kappa shape index (κ2) is 9.12. The van der Waals surface area contributed by atoms with Crippen LogP contribution in [0.3, 0.4) is 0 Å². The van der Waals surface area contributed by atoms with Gasteiger partial charge in [0.15, 0.2) is 0 Å². The number of rotatable bonds is 8. The molecule has 4 rings (SSSR count). The Morgan fingerprint density at radius 3 is 2.84 bits per heavy atom. The number of thioether (sulfide) groups is 2. The summed E-state index contributed by atoms with van der Waals surface area (Å²) in [6, 6.07) is 7.14. The number of aryl methyl sites for hydroxylation is 1. The highest BCUT2D eigenvalue weighted by Crippen LogP contribution is 2.43. The Bertz CT molecular complexity index is 1010. The first kappa shape index (κ1) is 21.4. The number of amides is 2. The van der Waals surface area contributed by atoms with Crippen LogP contribution < -0.4 is 11.1 Å². The first-order valence-electron chi connectivity index (χ1n) is 9.47.